The summed E-state index contributed by atoms with van der Waals surface area (Å²) in [6.07, 6.45) is 1.82. The molecule has 0 spiro atoms. The van der Waals surface area contributed by atoms with Crippen molar-refractivity contribution in [2.75, 3.05) is 31.5 Å². The second kappa shape index (κ2) is 8.97. The van der Waals surface area contributed by atoms with E-state index < -0.39 is 10.0 Å². The van der Waals surface area contributed by atoms with Gasteiger partial charge < -0.3 is 5.32 Å². The van der Waals surface area contributed by atoms with E-state index in [4.69, 9.17) is 0 Å². The number of likely N-dealkylation sites (N-methyl/N-ethyl adjacent to an activating group) is 1. The van der Waals surface area contributed by atoms with Gasteiger partial charge in [0.05, 0.1) is 11.4 Å². The van der Waals surface area contributed by atoms with Crippen molar-refractivity contribution in [3.8, 4) is 0 Å². The lowest BCUT2D eigenvalue weighted by Gasteiger charge is -2.19. The zero-order valence-electron chi connectivity index (χ0n) is 15.4. The fourth-order valence-electron chi connectivity index (χ4n) is 3.09. The number of thiophene rings is 1. The highest BCUT2D eigenvalue weighted by atomic mass is 32.2. The van der Waals surface area contributed by atoms with Crippen molar-refractivity contribution in [2.24, 2.45) is 0 Å². The summed E-state index contributed by atoms with van der Waals surface area (Å²) in [6.45, 7) is 5.00. The van der Waals surface area contributed by atoms with Gasteiger partial charge in [-0.3, -0.25) is 9.69 Å². The Kier molecular flexibility index (Phi) is 6.64. The molecule has 1 aromatic carbocycles. The quantitative estimate of drug-likeness (QED) is 0.730. The lowest BCUT2D eigenvalue weighted by Crippen LogP contribution is -2.32. The maximum absolute atomic E-state index is 12.5. The molecule has 1 amide bonds. The van der Waals surface area contributed by atoms with Crippen LogP contribution in [0.3, 0.4) is 0 Å². The van der Waals surface area contributed by atoms with Crippen molar-refractivity contribution < 1.29 is 13.2 Å². The van der Waals surface area contributed by atoms with E-state index in [1.807, 2.05) is 18.4 Å². The molecule has 2 aromatic rings. The molecule has 146 valence electrons. The molecule has 3 rings (SSSR count). The number of rotatable bonds is 8. The summed E-state index contributed by atoms with van der Waals surface area (Å²) in [5.74, 6) is -0.108. The summed E-state index contributed by atoms with van der Waals surface area (Å²) in [6, 6.07) is 10.5. The van der Waals surface area contributed by atoms with Crippen LogP contribution in [-0.2, 0) is 21.4 Å². The Hall–Kier alpha value is -1.74. The molecule has 0 saturated carbocycles. The van der Waals surface area contributed by atoms with E-state index in [1.54, 1.807) is 35.6 Å². The molecule has 0 bridgehead atoms. The Labute approximate surface area is 164 Å². The average molecular weight is 408 g/mol. The van der Waals surface area contributed by atoms with E-state index in [1.165, 1.54) is 9.18 Å². The minimum Gasteiger partial charge on any atom is -0.325 e. The summed E-state index contributed by atoms with van der Waals surface area (Å²) < 4.78 is 26.6. The Bertz CT molecular complexity index is 843. The van der Waals surface area contributed by atoms with Gasteiger partial charge in [-0.25, -0.2) is 8.42 Å². The lowest BCUT2D eigenvalue weighted by molar-refractivity contribution is -0.117. The Morgan fingerprint density at radius 2 is 1.89 bits per heavy atom. The van der Waals surface area contributed by atoms with Gasteiger partial charge in [0.15, 0.2) is 0 Å². The number of hydrogen-bond acceptors (Lipinski definition) is 5. The van der Waals surface area contributed by atoms with Crippen molar-refractivity contribution in [1.29, 1.82) is 0 Å². The van der Waals surface area contributed by atoms with Crippen LogP contribution in [0.2, 0.25) is 0 Å². The third-order valence-electron chi connectivity index (χ3n) is 4.61. The minimum atomic E-state index is -3.42. The first-order valence-electron chi connectivity index (χ1n) is 9.14. The Morgan fingerprint density at radius 3 is 2.48 bits per heavy atom. The van der Waals surface area contributed by atoms with Gasteiger partial charge in [-0.15, -0.1) is 11.3 Å². The standard InChI is InChI=1S/C19H25N3O3S2/c1-2-21(14-17-6-5-13-26-17)15-19(23)20-16-7-9-18(10-8-16)27(24,25)22-11-3-4-12-22/h5-10,13H,2-4,11-12,14-15H2,1H3,(H,20,23). The van der Waals surface area contributed by atoms with Gasteiger partial charge in [0.25, 0.3) is 0 Å². The Morgan fingerprint density at radius 1 is 1.19 bits per heavy atom. The van der Waals surface area contributed by atoms with Crippen molar-refractivity contribution in [3.05, 3.63) is 46.7 Å². The zero-order chi connectivity index (χ0) is 19.3. The van der Waals surface area contributed by atoms with Gasteiger partial charge in [-0.2, -0.15) is 4.31 Å². The fourth-order valence-corrected chi connectivity index (χ4v) is 5.36. The highest BCUT2D eigenvalue weighted by Crippen LogP contribution is 2.22. The van der Waals surface area contributed by atoms with E-state index in [2.05, 4.69) is 16.3 Å². The van der Waals surface area contributed by atoms with E-state index in [-0.39, 0.29) is 10.8 Å². The molecule has 1 aliphatic heterocycles. The number of benzene rings is 1. The smallest absolute Gasteiger partial charge is 0.243 e. The molecule has 1 saturated heterocycles. The van der Waals surface area contributed by atoms with Gasteiger partial charge in [-0.1, -0.05) is 13.0 Å². The fraction of sp³-hybridized carbons (Fsp3) is 0.421. The van der Waals surface area contributed by atoms with E-state index in [0.717, 1.165) is 25.9 Å². The molecule has 0 atom stereocenters. The monoisotopic (exact) mass is 407 g/mol. The van der Waals surface area contributed by atoms with Gasteiger partial charge >= 0.3 is 0 Å². The highest BCUT2D eigenvalue weighted by Gasteiger charge is 2.26. The van der Waals surface area contributed by atoms with Gasteiger partial charge in [0.2, 0.25) is 15.9 Å². The molecular formula is C19H25N3O3S2. The first-order valence-corrected chi connectivity index (χ1v) is 11.5. The van der Waals surface area contributed by atoms with Gasteiger partial charge in [0, 0.05) is 30.2 Å². The minimum absolute atomic E-state index is 0.108. The molecule has 0 radical (unpaired) electrons. The topological polar surface area (TPSA) is 69.7 Å². The third kappa shape index (κ3) is 5.16. The number of amides is 1. The molecule has 1 fully saturated rings. The summed E-state index contributed by atoms with van der Waals surface area (Å²) in [5.41, 5.74) is 0.604. The molecule has 1 aliphatic rings. The predicted octanol–water partition coefficient (Wildman–Crippen LogP) is 2.99. The number of anilines is 1. The number of nitrogens with zero attached hydrogens (tertiary/aromatic N) is 2. The van der Waals surface area contributed by atoms with Crippen LogP contribution in [0.5, 0.6) is 0 Å². The molecule has 27 heavy (non-hydrogen) atoms. The van der Waals surface area contributed by atoms with Crippen LogP contribution in [0.25, 0.3) is 0 Å². The summed E-state index contributed by atoms with van der Waals surface area (Å²) in [7, 11) is -3.42. The molecule has 2 heterocycles. The lowest BCUT2D eigenvalue weighted by atomic mass is 10.3. The van der Waals surface area contributed by atoms with E-state index in [0.29, 0.717) is 25.3 Å². The van der Waals surface area contributed by atoms with Crippen LogP contribution >= 0.6 is 11.3 Å². The summed E-state index contributed by atoms with van der Waals surface area (Å²) in [5, 5.41) is 4.88. The van der Waals surface area contributed by atoms with Crippen LogP contribution in [-0.4, -0.2) is 49.7 Å². The average Bonchev–Trinajstić information content (AvgIpc) is 3.35. The molecule has 0 aliphatic carbocycles. The van der Waals surface area contributed by atoms with E-state index >= 15 is 0 Å². The molecule has 1 N–H and O–H groups in total. The molecule has 1 aromatic heterocycles. The first-order chi connectivity index (χ1) is 13.0. The number of carbonyl (C=O) groups is 1. The summed E-state index contributed by atoms with van der Waals surface area (Å²) in [4.78, 5) is 15.9. The van der Waals surface area contributed by atoms with Crippen molar-refractivity contribution in [1.82, 2.24) is 9.21 Å². The summed E-state index contributed by atoms with van der Waals surface area (Å²) >= 11 is 1.68. The maximum atomic E-state index is 12.5. The normalized spacial score (nSPS) is 15.3. The number of nitrogens with one attached hydrogen (secondary N) is 1. The third-order valence-corrected chi connectivity index (χ3v) is 7.39. The van der Waals surface area contributed by atoms with E-state index in [9.17, 15) is 13.2 Å². The number of sulfonamides is 1. The Balaban J connectivity index is 1.58. The van der Waals surface area contributed by atoms with Gasteiger partial charge in [0.1, 0.15) is 0 Å². The highest BCUT2D eigenvalue weighted by molar-refractivity contribution is 7.89. The molecule has 6 nitrogen and oxygen atoms in total. The predicted molar refractivity (Wildman–Crippen MR) is 108 cm³/mol. The largest absolute Gasteiger partial charge is 0.325 e. The van der Waals surface area contributed by atoms with Crippen LogP contribution in [0.15, 0.2) is 46.7 Å². The SMILES string of the molecule is CCN(CC(=O)Nc1ccc(S(=O)(=O)N2CCCC2)cc1)Cc1cccs1. The molecule has 8 heteroatoms. The van der Waals surface area contributed by atoms with Crippen molar-refractivity contribution in [3.63, 3.8) is 0 Å². The second-order valence-electron chi connectivity index (χ2n) is 6.57. The van der Waals surface area contributed by atoms with Crippen molar-refractivity contribution in [2.45, 2.75) is 31.2 Å². The van der Waals surface area contributed by atoms with Crippen LogP contribution in [0, 0.1) is 0 Å². The zero-order valence-corrected chi connectivity index (χ0v) is 17.1. The molecule has 0 unspecified atom stereocenters. The van der Waals surface area contributed by atoms with Crippen LogP contribution < -0.4 is 5.32 Å². The molecular weight excluding hydrogens is 382 g/mol. The second-order valence-corrected chi connectivity index (χ2v) is 9.54. The number of carbonyl (C=O) groups excluding carboxylic acids is 1. The number of hydrogen-bond donors (Lipinski definition) is 1. The van der Waals surface area contributed by atoms with Gasteiger partial charge in [-0.05, 0) is 55.1 Å². The first kappa shape index (κ1) is 20.0. The van der Waals surface area contributed by atoms with Crippen molar-refractivity contribution >= 4 is 33.0 Å². The van der Waals surface area contributed by atoms with Crippen LogP contribution in [0.4, 0.5) is 5.69 Å². The maximum Gasteiger partial charge on any atom is 0.243 e. The van der Waals surface area contributed by atoms with Crippen LogP contribution in [0.1, 0.15) is 24.6 Å².